The molecular weight excluding hydrogens is 187 g/mol. The predicted octanol–water partition coefficient (Wildman–Crippen LogP) is 4.33. The van der Waals surface area contributed by atoms with Gasteiger partial charge >= 0.3 is 0 Å². The first-order valence-electron chi connectivity index (χ1n) is 5.72. The molecule has 1 aromatic rings. The molecule has 0 aromatic heterocycles. The smallest absolute Gasteiger partial charge is 0.136 e. The molecule has 0 bridgehead atoms. The van der Waals surface area contributed by atoms with Gasteiger partial charge in [0, 0.05) is 0 Å². The van der Waals surface area contributed by atoms with Crippen LogP contribution in [0.15, 0.2) is 24.3 Å². The molecule has 0 radical (unpaired) electrons. The Morgan fingerprint density at radius 1 is 1.20 bits per heavy atom. The minimum atomic E-state index is -1.03. The maximum atomic E-state index is 14.2. The Morgan fingerprint density at radius 3 is 2.33 bits per heavy atom. The summed E-state index contributed by atoms with van der Waals surface area (Å²) in [6, 6.07) is 8.04. The molecule has 0 N–H and O–H groups in total. The number of rotatable bonds is 1. The van der Waals surface area contributed by atoms with Crippen LogP contribution in [0.4, 0.5) is 4.39 Å². The van der Waals surface area contributed by atoms with E-state index in [1.165, 1.54) is 5.56 Å². The summed E-state index contributed by atoms with van der Waals surface area (Å²) >= 11 is 0. The van der Waals surface area contributed by atoms with E-state index < -0.39 is 5.67 Å². The van der Waals surface area contributed by atoms with Crippen molar-refractivity contribution in [1.82, 2.24) is 0 Å². The average Bonchev–Trinajstić information content (AvgIpc) is 2.13. The second kappa shape index (κ2) is 3.33. The third kappa shape index (κ3) is 1.92. The van der Waals surface area contributed by atoms with Crippen molar-refractivity contribution in [3.05, 3.63) is 35.4 Å². The highest BCUT2D eigenvalue weighted by atomic mass is 19.1. The number of halogens is 1. The third-order valence-corrected chi connectivity index (χ3v) is 3.39. The van der Waals surface area contributed by atoms with Gasteiger partial charge in [-0.05, 0) is 35.8 Å². The summed E-state index contributed by atoms with van der Waals surface area (Å²) in [5.74, 6) is 0. The van der Waals surface area contributed by atoms with Crippen LogP contribution in [0.1, 0.15) is 51.2 Å². The van der Waals surface area contributed by atoms with E-state index in [0.717, 1.165) is 12.0 Å². The Balaban J connectivity index is 2.35. The molecule has 1 aliphatic rings. The van der Waals surface area contributed by atoms with Crippen LogP contribution in [-0.2, 0) is 11.1 Å². The molecule has 2 rings (SSSR count). The lowest BCUT2D eigenvalue weighted by Gasteiger charge is -2.35. The van der Waals surface area contributed by atoms with Crippen LogP contribution in [0.2, 0.25) is 0 Å². The van der Waals surface area contributed by atoms with Crippen molar-refractivity contribution >= 4 is 0 Å². The lowest BCUT2D eigenvalue weighted by molar-refractivity contribution is 0.0607. The first-order chi connectivity index (χ1) is 6.92. The van der Waals surface area contributed by atoms with Crippen LogP contribution in [0, 0.1) is 0 Å². The number of alkyl halides is 1. The zero-order valence-corrected chi connectivity index (χ0v) is 9.81. The van der Waals surface area contributed by atoms with Crippen molar-refractivity contribution in [3.63, 3.8) is 0 Å². The molecule has 1 aromatic carbocycles. The van der Waals surface area contributed by atoms with Crippen LogP contribution in [0.25, 0.3) is 0 Å². The molecule has 0 aliphatic heterocycles. The van der Waals surface area contributed by atoms with Crippen LogP contribution in [0.5, 0.6) is 0 Å². The first-order valence-corrected chi connectivity index (χ1v) is 5.72. The van der Waals surface area contributed by atoms with E-state index in [-0.39, 0.29) is 5.41 Å². The highest BCUT2D eigenvalue weighted by molar-refractivity contribution is 5.33. The zero-order chi connectivity index (χ0) is 11.1. The lowest BCUT2D eigenvalue weighted by atomic mass is 9.75. The van der Waals surface area contributed by atoms with Gasteiger partial charge in [-0.2, -0.15) is 0 Å². The van der Waals surface area contributed by atoms with Gasteiger partial charge < -0.3 is 0 Å². The quantitative estimate of drug-likeness (QED) is 0.641. The van der Waals surface area contributed by atoms with Crippen molar-refractivity contribution in [1.29, 1.82) is 0 Å². The third-order valence-electron chi connectivity index (χ3n) is 3.39. The van der Waals surface area contributed by atoms with Crippen LogP contribution >= 0.6 is 0 Å². The number of benzene rings is 1. The minimum absolute atomic E-state index is 0.107. The topological polar surface area (TPSA) is 0 Å². The average molecular weight is 206 g/mol. The summed E-state index contributed by atoms with van der Waals surface area (Å²) in [7, 11) is 0. The second-order valence-corrected chi connectivity index (χ2v) is 5.65. The Morgan fingerprint density at radius 2 is 1.87 bits per heavy atom. The van der Waals surface area contributed by atoms with Gasteiger partial charge in [-0.25, -0.2) is 4.39 Å². The maximum Gasteiger partial charge on any atom is 0.136 e. The fourth-order valence-corrected chi connectivity index (χ4v) is 2.04. The van der Waals surface area contributed by atoms with Gasteiger partial charge in [0.1, 0.15) is 5.67 Å². The summed E-state index contributed by atoms with van der Waals surface area (Å²) in [5, 5.41) is 0. The van der Waals surface area contributed by atoms with E-state index in [4.69, 9.17) is 0 Å². The molecule has 0 unspecified atom stereocenters. The predicted molar refractivity (Wildman–Crippen MR) is 61.8 cm³/mol. The SMILES string of the molecule is CC(C)(C)c1cccc(C2(F)CCC2)c1. The molecule has 15 heavy (non-hydrogen) atoms. The molecule has 0 spiro atoms. The number of hydrogen-bond acceptors (Lipinski definition) is 0. The van der Waals surface area contributed by atoms with Crippen molar-refractivity contribution in [2.45, 2.75) is 51.1 Å². The zero-order valence-electron chi connectivity index (χ0n) is 9.81. The van der Waals surface area contributed by atoms with Gasteiger partial charge in [-0.15, -0.1) is 0 Å². The Labute approximate surface area is 91.5 Å². The normalized spacial score (nSPS) is 19.7. The highest BCUT2D eigenvalue weighted by Crippen LogP contribution is 2.45. The molecule has 0 nitrogen and oxygen atoms in total. The van der Waals surface area contributed by atoms with Gasteiger partial charge in [0.25, 0.3) is 0 Å². The van der Waals surface area contributed by atoms with Crippen LogP contribution in [0.3, 0.4) is 0 Å². The van der Waals surface area contributed by atoms with Crippen molar-refractivity contribution in [2.75, 3.05) is 0 Å². The highest BCUT2D eigenvalue weighted by Gasteiger charge is 2.39. The summed E-state index contributed by atoms with van der Waals surface area (Å²) in [6.07, 6.45) is 2.41. The summed E-state index contributed by atoms with van der Waals surface area (Å²) in [4.78, 5) is 0. The molecule has 0 heterocycles. The molecule has 1 heteroatoms. The van der Waals surface area contributed by atoms with Crippen molar-refractivity contribution < 1.29 is 4.39 Å². The van der Waals surface area contributed by atoms with E-state index in [1.807, 2.05) is 18.2 Å². The van der Waals surface area contributed by atoms with Crippen LogP contribution in [-0.4, -0.2) is 0 Å². The van der Waals surface area contributed by atoms with Gasteiger partial charge in [0.05, 0.1) is 0 Å². The minimum Gasteiger partial charge on any atom is -0.239 e. The van der Waals surface area contributed by atoms with E-state index in [0.29, 0.717) is 12.8 Å². The van der Waals surface area contributed by atoms with E-state index in [1.54, 1.807) is 0 Å². The Hall–Kier alpha value is -0.850. The van der Waals surface area contributed by atoms with Gasteiger partial charge in [0.15, 0.2) is 0 Å². The van der Waals surface area contributed by atoms with E-state index >= 15 is 0 Å². The summed E-state index contributed by atoms with van der Waals surface area (Å²) < 4.78 is 14.2. The second-order valence-electron chi connectivity index (χ2n) is 5.65. The van der Waals surface area contributed by atoms with E-state index in [2.05, 4.69) is 26.8 Å². The van der Waals surface area contributed by atoms with E-state index in [9.17, 15) is 4.39 Å². The standard InChI is InChI=1S/C14H19F/c1-13(2,3)11-6-4-7-12(10-11)14(15)8-5-9-14/h4,6-7,10H,5,8-9H2,1-3H3. The molecule has 82 valence electrons. The molecule has 0 saturated heterocycles. The van der Waals surface area contributed by atoms with Gasteiger partial charge in [-0.3, -0.25) is 0 Å². The molecule has 1 saturated carbocycles. The van der Waals surface area contributed by atoms with Crippen molar-refractivity contribution in [3.8, 4) is 0 Å². The Kier molecular flexibility index (Phi) is 2.37. The maximum absolute atomic E-state index is 14.2. The monoisotopic (exact) mass is 206 g/mol. The summed E-state index contributed by atoms with van der Waals surface area (Å²) in [6.45, 7) is 6.49. The van der Waals surface area contributed by atoms with Gasteiger partial charge in [0.2, 0.25) is 0 Å². The molecular formula is C14H19F. The van der Waals surface area contributed by atoms with Gasteiger partial charge in [-0.1, -0.05) is 45.0 Å². The fraction of sp³-hybridized carbons (Fsp3) is 0.571. The van der Waals surface area contributed by atoms with Crippen LogP contribution < -0.4 is 0 Å². The molecule has 1 aliphatic carbocycles. The summed E-state index contributed by atoms with van der Waals surface area (Å²) in [5.41, 5.74) is 1.18. The first kappa shape index (κ1) is 10.7. The molecule has 0 amide bonds. The lowest BCUT2D eigenvalue weighted by Crippen LogP contribution is -2.29. The molecule has 0 atom stereocenters. The molecule has 1 fully saturated rings. The largest absolute Gasteiger partial charge is 0.239 e. The Bertz CT molecular complexity index is 356. The number of hydrogen-bond donors (Lipinski definition) is 0. The van der Waals surface area contributed by atoms with Crippen molar-refractivity contribution in [2.24, 2.45) is 0 Å². The fourth-order valence-electron chi connectivity index (χ4n) is 2.04.